The molecular weight excluding hydrogens is 660 g/mol. The summed E-state index contributed by atoms with van der Waals surface area (Å²) < 4.78 is 60.3. The van der Waals surface area contributed by atoms with Crippen LogP contribution in [0.3, 0.4) is 0 Å². The number of H-pyrrole nitrogens is 1. The molecule has 0 amide bonds. The van der Waals surface area contributed by atoms with Gasteiger partial charge in [0.1, 0.15) is 54.6 Å². The summed E-state index contributed by atoms with van der Waals surface area (Å²) in [5.74, 6) is -0.226. The predicted molar refractivity (Wildman–Crippen MR) is 149 cm³/mol. The number of hydrogen-bond acceptors (Lipinski definition) is 18. The summed E-state index contributed by atoms with van der Waals surface area (Å²) in [4.78, 5) is 56.3. The summed E-state index contributed by atoms with van der Waals surface area (Å²) in [6, 6.07) is 0. The third-order valence-electron chi connectivity index (χ3n) is 7.59. The second-order valence-corrected chi connectivity index (χ2v) is 13.3. The zero-order valence-electron chi connectivity index (χ0n) is 23.0. The number of hydrogen-bond donors (Lipinski definition) is 7. The van der Waals surface area contributed by atoms with Crippen molar-refractivity contribution in [1.82, 2.24) is 34.5 Å². The van der Waals surface area contributed by atoms with Crippen LogP contribution in [0.25, 0.3) is 22.1 Å². The SMILES string of the molecule is Nc1nc2c([C@@H]3O[C@@H]4COP(=O)(O)OC5C(O)[C@H](n6cnc7c(N)ncnc76)O[C@@H]5COP(=O)(O)OC3C4O)cncc2c(=O)[nH]1. The summed E-state index contributed by atoms with van der Waals surface area (Å²) in [6.07, 6.45) is -7.79. The number of nitrogens with one attached hydrogen (secondary N) is 1. The fourth-order valence-electron chi connectivity index (χ4n) is 5.52. The van der Waals surface area contributed by atoms with E-state index in [4.69, 9.17) is 39.0 Å². The van der Waals surface area contributed by atoms with E-state index in [1.807, 2.05) is 0 Å². The fourth-order valence-corrected chi connectivity index (χ4v) is 7.42. The van der Waals surface area contributed by atoms with Crippen molar-refractivity contribution in [1.29, 1.82) is 0 Å². The van der Waals surface area contributed by atoms with Crippen molar-refractivity contribution in [2.45, 2.75) is 49.0 Å². The number of anilines is 2. The van der Waals surface area contributed by atoms with Gasteiger partial charge in [0.05, 0.1) is 30.4 Å². The van der Waals surface area contributed by atoms with Crippen molar-refractivity contribution in [3.05, 3.63) is 41.0 Å². The standard InChI is InChI=1S/C22H25N9O13P2/c23-18-12-19(27-5-26-18)31(6-28-12)21-14(33)16-10(42-21)4-40-46(37,38)44-17-13(32)9(3-39-45(35,36)43-16)41-15(17)7-1-25-2-8-11(7)29-22(24)30-20(8)34/h1-2,5-6,9-10,13-17,21,32-33H,3-4H2,(H,35,36)(H,37,38)(H2,23,26,27)(H3,24,29,30,34)/t9-,10-,13?,14?,15+,16?,17?,21-/m1/s1. The fraction of sp³-hybridized carbons (Fsp3) is 0.455. The predicted octanol–water partition coefficient (Wildman–Crippen LogP) is -1.60. The molecule has 3 saturated heterocycles. The van der Waals surface area contributed by atoms with Crippen molar-refractivity contribution in [2.24, 2.45) is 0 Å². The summed E-state index contributed by atoms with van der Waals surface area (Å²) in [5, 5.41) is 22.2. The number of pyridine rings is 1. The molecule has 7 rings (SSSR count). The second kappa shape index (κ2) is 11.3. The van der Waals surface area contributed by atoms with E-state index in [-0.39, 0.29) is 39.4 Å². The van der Waals surface area contributed by atoms with Gasteiger partial charge in [0, 0.05) is 18.0 Å². The van der Waals surface area contributed by atoms with Crippen LogP contribution in [-0.4, -0.2) is 104 Å². The molecule has 22 nitrogen and oxygen atoms in total. The average Bonchev–Trinajstić information content (AvgIpc) is 3.65. The summed E-state index contributed by atoms with van der Waals surface area (Å²) in [5.41, 5.74) is 11.2. The lowest BCUT2D eigenvalue weighted by atomic mass is 10.0. The molecule has 2 bridgehead atoms. The van der Waals surface area contributed by atoms with Gasteiger partial charge in [0.2, 0.25) is 5.95 Å². The minimum absolute atomic E-state index is 0.0177. The van der Waals surface area contributed by atoms with Crippen LogP contribution in [0, 0.1) is 0 Å². The lowest BCUT2D eigenvalue weighted by Crippen LogP contribution is -2.36. The molecule has 0 saturated carbocycles. The number of phosphoric acid groups is 2. The van der Waals surface area contributed by atoms with Crippen LogP contribution in [0.5, 0.6) is 0 Å². The highest BCUT2D eigenvalue weighted by molar-refractivity contribution is 7.47. The second-order valence-electron chi connectivity index (χ2n) is 10.5. The Morgan fingerprint density at radius 3 is 2.39 bits per heavy atom. The number of nitrogens with two attached hydrogens (primary N) is 2. The maximum Gasteiger partial charge on any atom is 0.472 e. The van der Waals surface area contributed by atoms with Gasteiger partial charge in [0.25, 0.3) is 5.56 Å². The summed E-state index contributed by atoms with van der Waals surface area (Å²) >= 11 is 0. The number of nitrogens with zero attached hydrogens (tertiary/aromatic N) is 6. The molecule has 7 heterocycles. The van der Waals surface area contributed by atoms with E-state index in [1.165, 1.54) is 23.3 Å². The van der Waals surface area contributed by atoms with Crippen LogP contribution in [0.4, 0.5) is 11.8 Å². The van der Waals surface area contributed by atoms with E-state index < -0.39 is 83.4 Å². The highest BCUT2D eigenvalue weighted by atomic mass is 31.2. The Hall–Kier alpha value is -3.50. The molecule has 0 radical (unpaired) electrons. The number of ether oxygens (including phenoxy) is 2. The number of rotatable bonds is 2. The zero-order chi connectivity index (χ0) is 32.5. The molecule has 3 aliphatic heterocycles. The van der Waals surface area contributed by atoms with E-state index in [1.54, 1.807) is 0 Å². The van der Waals surface area contributed by atoms with Crippen molar-refractivity contribution in [2.75, 3.05) is 24.7 Å². The van der Waals surface area contributed by atoms with Gasteiger partial charge in [-0.1, -0.05) is 0 Å². The average molecular weight is 685 g/mol. The van der Waals surface area contributed by atoms with Crippen molar-refractivity contribution < 1.29 is 56.7 Å². The third-order valence-corrected chi connectivity index (χ3v) is 9.56. The number of aromatic nitrogens is 7. The smallest absolute Gasteiger partial charge is 0.387 e. The Balaban J connectivity index is 1.22. The van der Waals surface area contributed by atoms with Gasteiger partial charge in [0.15, 0.2) is 17.7 Å². The number of aliphatic hydroxyl groups excluding tert-OH is 2. The molecular formula is C22H25N9O13P2. The Morgan fingerprint density at radius 1 is 0.913 bits per heavy atom. The molecule has 9 N–H and O–H groups in total. The molecule has 0 aliphatic carbocycles. The zero-order valence-corrected chi connectivity index (χ0v) is 24.8. The third kappa shape index (κ3) is 5.47. The largest absolute Gasteiger partial charge is 0.472 e. The minimum Gasteiger partial charge on any atom is -0.387 e. The van der Waals surface area contributed by atoms with Gasteiger partial charge in [-0.3, -0.25) is 37.4 Å². The van der Waals surface area contributed by atoms with E-state index in [9.17, 15) is 33.9 Å². The van der Waals surface area contributed by atoms with Crippen LogP contribution in [0.1, 0.15) is 17.9 Å². The Bertz CT molecular complexity index is 1980. The molecule has 10 atom stereocenters. The number of aromatic amines is 1. The van der Waals surface area contributed by atoms with Crippen LogP contribution < -0.4 is 17.0 Å². The molecule has 6 unspecified atom stereocenters. The van der Waals surface area contributed by atoms with Crippen molar-refractivity contribution in [3.8, 4) is 0 Å². The number of phosphoric ester groups is 2. The normalized spacial score (nSPS) is 37.0. The lowest BCUT2D eigenvalue weighted by molar-refractivity contribution is -0.0569. The molecule has 4 aromatic heterocycles. The highest BCUT2D eigenvalue weighted by Crippen LogP contribution is 2.54. The highest BCUT2D eigenvalue weighted by Gasteiger charge is 2.53. The molecule has 24 heteroatoms. The van der Waals surface area contributed by atoms with Crippen LogP contribution in [0.2, 0.25) is 0 Å². The van der Waals surface area contributed by atoms with Gasteiger partial charge < -0.3 is 40.9 Å². The van der Waals surface area contributed by atoms with Gasteiger partial charge in [-0.05, 0) is 0 Å². The number of nitrogen functional groups attached to an aromatic ring is 2. The Morgan fingerprint density at radius 2 is 1.63 bits per heavy atom. The Kier molecular flexibility index (Phi) is 7.67. The molecule has 0 spiro atoms. The van der Waals surface area contributed by atoms with E-state index in [2.05, 4.69) is 29.9 Å². The molecule has 3 aliphatic rings. The molecule has 4 aromatic rings. The van der Waals surface area contributed by atoms with Crippen molar-refractivity contribution >= 4 is 49.5 Å². The van der Waals surface area contributed by atoms with Crippen LogP contribution in [-0.2, 0) is 36.7 Å². The van der Waals surface area contributed by atoms with Crippen LogP contribution >= 0.6 is 15.6 Å². The van der Waals surface area contributed by atoms with Gasteiger partial charge >= 0.3 is 15.6 Å². The van der Waals surface area contributed by atoms with Gasteiger partial charge in [-0.2, -0.15) is 0 Å². The molecule has 246 valence electrons. The first-order valence-electron chi connectivity index (χ1n) is 13.4. The summed E-state index contributed by atoms with van der Waals surface area (Å²) in [7, 11) is -10.2. The lowest BCUT2D eigenvalue weighted by Gasteiger charge is -2.25. The van der Waals surface area contributed by atoms with E-state index in [0.717, 1.165) is 6.33 Å². The van der Waals surface area contributed by atoms with Crippen LogP contribution in [0.15, 0.2) is 29.8 Å². The monoisotopic (exact) mass is 685 g/mol. The molecule has 0 aromatic carbocycles. The maximum atomic E-state index is 13.3. The first-order chi connectivity index (χ1) is 21.8. The quantitative estimate of drug-likeness (QED) is 0.117. The number of fused-ring (bicyclic) bond motifs is 5. The number of imidazole rings is 1. The first kappa shape index (κ1) is 31.1. The maximum absolute atomic E-state index is 13.3. The van der Waals surface area contributed by atoms with Gasteiger partial charge in [-0.15, -0.1) is 0 Å². The minimum atomic E-state index is -5.12. The molecule has 3 fully saturated rings. The van der Waals surface area contributed by atoms with Crippen molar-refractivity contribution in [3.63, 3.8) is 0 Å². The van der Waals surface area contributed by atoms with E-state index >= 15 is 0 Å². The molecule has 46 heavy (non-hydrogen) atoms. The Labute approximate surface area is 255 Å². The summed E-state index contributed by atoms with van der Waals surface area (Å²) in [6.45, 7) is -1.65. The van der Waals surface area contributed by atoms with Gasteiger partial charge in [-0.25, -0.2) is 29.1 Å². The van der Waals surface area contributed by atoms with E-state index in [0.29, 0.717) is 0 Å². The topological polar surface area (TPSA) is 325 Å². The first-order valence-corrected chi connectivity index (χ1v) is 16.4. The number of aliphatic hydroxyl groups is 2.